The number of nitrogens with one attached hydrogen (secondary N) is 4. The van der Waals surface area contributed by atoms with Crippen molar-refractivity contribution in [2.45, 2.75) is 272 Å². The molecule has 27 heteroatoms. The number of hydrogen-bond donors (Lipinski definition) is 4. The first-order valence-corrected chi connectivity index (χ1v) is 35.1. The van der Waals surface area contributed by atoms with Crippen LogP contribution in [0.25, 0.3) is 0 Å². The molecule has 0 aromatic rings. The number of carbonyl (C=O) groups excluding carboxylic acids is 11. The number of fused-ring (bicyclic) bond motifs is 2. The summed E-state index contributed by atoms with van der Waals surface area (Å²) in [5, 5.41) is 10.2. The SMILES string of the molecule is CC[C@H](C)[C@@H]1NC(=O)[C@H](C)N(C)C(=O)C[C@@H](C)NC(=O)[C@H](C2CCCC2)N(C)C(=O)C2(CCCC2)NC(=O)[C@@H]2CCCN2C(=O)[C@H](CCC2CCC(C(F)(F)F)C(Cl)C2)NC(=O)[C@@H](C)N(C)C(=O)[C@H](CC2CCCCC2Cl)N(C)C(=O)[C@@H]2CCN2C(=O)[C@H](C)N(C)C1=O. The van der Waals surface area contributed by atoms with Gasteiger partial charge in [-0.3, -0.25) is 52.7 Å². The summed E-state index contributed by atoms with van der Waals surface area (Å²) in [4.78, 5) is 171. The second kappa shape index (κ2) is 32.1. The molecule has 4 N–H and O–H groups in total. The number of rotatable bonds is 8. The van der Waals surface area contributed by atoms with Gasteiger partial charge in [-0.2, -0.15) is 13.2 Å². The Hall–Kier alpha value is -5.46. The van der Waals surface area contributed by atoms with Crippen LogP contribution in [0.5, 0.6) is 0 Å². The predicted octanol–water partition coefficient (Wildman–Crippen LogP) is 5.87. The Morgan fingerprint density at radius 1 is 0.559 bits per heavy atom. The molecule has 5 unspecified atom stereocenters. The van der Waals surface area contributed by atoms with Gasteiger partial charge in [-0.05, 0) is 148 Å². The van der Waals surface area contributed by atoms with Crippen LogP contribution < -0.4 is 21.3 Å². The molecule has 4 aliphatic carbocycles. The van der Waals surface area contributed by atoms with Gasteiger partial charge in [0.05, 0.1) is 5.92 Å². The zero-order valence-electron chi connectivity index (χ0n) is 56.5. The molecular weight excluding hydrogens is 1250 g/mol. The molecule has 0 aromatic heterocycles. The number of halogens is 5. The van der Waals surface area contributed by atoms with E-state index in [1.54, 1.807) is 20.9 Å². The Morgan fingerprint density at radius 3 is 1.76 bits per heavy atom. The quantitative estimate of drug-likeness (QED) is 0.209. The zero-order chi connectivity index (χ0) is 68.7. The minimum atomic E-state index is -4.50. The third-order valence-corrected chi connectivity index (χ3v) is 23.4. The van der Waals surface area contributed by atoms with Gasteiger partial charge in [0.1, 0.15) is 59.9 Å². The van der Waals surface area contributed by atoms with Gasteiger partial charge in [-0.25, -0.2) is 0 Å². The Kier molecular flexibility index (Phi) is 25.8. The normalized spacial score (nSPS) is 34.5. The van der Waals surface area contributed by atoms with Gasteiger partial charge in [0.2, 0.25) is 65.0 Å². The summed E-state index contributed by atoms with van der Waals surface area (Å²) in [5.41, 5.74) is -1.47. The van der Waals surface area contributed by atoms with Crippen LogP contribution in [0.2, 0.25) is 0 Å². The first-order valence-electron chi connectivity index (χ1n) is 34.3. The highest BCUT2D eigenvalue weighted by Gasteiger charge is 2.52. The van der Waals surface area contributed by atoms with Gasteiger partial charge in [-0.15, -0.1) is 23.2 Å². The van der Waals surface area contributed by atoms with Gasteiger partial charge in [0.15, 0.2) is 0 Å². The molecule has 93 heavy (non-hydrogen) atoms. The Balaban J connectivity index is 1.23. The van der Waals surface area contributed by atoms with E-state index in [9.17, 15) is 51.5 Å². The van der Waals surface area contributed by atoms with Crippen LogP contribution >= 0.6 is 23.2 Å². The molecule has 7 fully saturated rings. The van der Waals surface area contributed by atoms with Crippen molar-refractivity contribution in [3.63, 3.8) is 0 Å². The molecule has 1 spiro atoms. The van der Waals surface area contributed by atoms with E-state index in [0.717, 1.165) is 25.7 Å². The van der Waals surface area contributed by atoms with Crippen LogP contribution in [0.15, 0.2) is 0 Å². The highest BCUT2D eigenvalue weighted by atomic mass is 35.5. The number of likely N-dealkylation sites (N-methyl/N-ethyl adjacent to an activating group) is 5. The topological polar surface area (TPSA) is 259 Å². The smallest absolute Gasteiger partial charge is 0.351 e. The van der Waals surface area contributed by atoms with Crippen molar-refractivity contribution in [2.24, 2.45) is 29.6 Å². The van der Waals surface area contributed by atoms with E-state index in [1.807, 2.05) is 6.92 Å². The standard InChI is InChI=1S/C66H104Cl2F3N11O11/c1-12-37(2)53-63(92)78(9)41(6)59(88)82-33-29-50(82)61(90)79(10)51(36-44-22-15-16-23-46(44)67)62(91)77(8)40(5)55(84)73-48(28-26-42-25-27-45(47(68)35-42)66(69,70)71)60(89)81-32-19-24-49(81)57(86)75-65(30-17-18-31-65)64(93)80(11)54(43-20-13-14-21-43)58(87)72-38(3)34-52(83)76(7)39(4)56(85)74-53/h37-51,53-54H,12-36H2,1-11H3,(H,72,87)(H,73,84)(H,74,85)(H,75,86)/t37-,38+,39-,40+,41-,42?,44?,45?,46?,47?,48-,49-,50-,51-,53-,54-/m0/s1. The lowest BCUT2D eigenvalue weighted by Crippen LogP contribution is -2.65. The van der Waals surface area contributed by atoms with E-state index in [2.05, 4.69) is 21.3 Å². The van der Waals surface area contributed by atoms with Crippen molar-refractivity contribution in [2.75, 3.05) is 48.3 Å². The molecule has 0 bridgehead atoms. The minimum absolute atomic E-state index is 0.00638. The average Bonchev–Trinajstić information content (AvgIpc) is 1.78. The number of carbonyl (C=O) groups is 11. The first kappa shape index (κ1) is 74.9. The molecule has 11 amide bonds. The van der Waals surface area contributed by atoms with Crippen molar-refractivity contribution in [1.29, 1.82) is 0 Å². The molecule has 0 radical (unpaired) electrons. The maximum atomic E-state index is 15.2. The summed E-state index contributed by atoms with van der Waals surface area (Å²) in [6, 6.07) is -11.1. The van der Waals surface area contributed by atoms with E-state index in [0.29, 0.717) is 51.4 Å². The van der Waals surface area contributed by atoms with E-state index in [-0.39, 0.29) is 107 Å². The van der Waals surface area contributed by atoms with E-state index >= 15 is 14.4 Å². The summed E-state index contributed by atoms with van der Waals surface area (Å²) >= 11 is 13.3. The fourth-order valence-electron chi connectivity index (χ4n) is 15.4. The summed E-state index contributed by atoms with van der Waals surface area (Å²) in [5.74, 6) is -9.45. The second-order valence-corrected chi connectivity index (χ2v) is 29.5. The van der Waals surface area contributed by atoms with Gasteiger partial charge >= 0.3 is 6.18 Å². The van der Waals surface area contributed by atoms with Gasteiger partial charge in [0.25, 0.3) is 0 Å². The summed E-state index contributed by atoms with van der Waals surface area (Å²) in [6.45, 7) is 10.0. The molecule has 22 nitrogen and oxygen atoms in total. The maximum Gasteiger partial charge on any atom is 0.393 e. The summed E-state index contributed by atoms with van der Waals surface area (Å²) in [6.07, 6.45) is 4.26. The van der Waals surface area contributed by atoms with Crippen LogP contribution in [0, 0.1) is 29.6 Å². The Morgan fingerprint density at radius 2 is 1.16 bits per heavy atom. The molecule has 3 heterocycles. The fourth-order valence-corrected chi connectivity index (χ4v) is 16.3. The lowest BCUT2D eigenvalue weighted by atomic mass is 9.78. The van der Waals surface area contributed by atoms with Crippen molar-refractivity contribution in [3.05, 3.63) is 0 Å². The number of hydrogen-bond acceptors (Lipinski definition) is 11. The summed E-state index contributed by atoms with van der Waals surface area (Å²) in [7, 11) is 7.30. The van der Waals surface area contributed by atoms with Crippen LogP contribution in [-0.4, -0.2) is 230 Å². The van der Waals surface area contributed by atoms with Gasteiger partial charge in [0, 0.05) is 71.5 Å². The van der Waals surface area contributed by atoms with E-state index in [4.69, 9.17) is 23.2 Å². The van der Waals surface area contributed by atoms with Crippen molar-refractivity contribution in [3.8, 4) is 0 Å². The largest absolute Gasteiger partial charge is 0.393 e. The Labute approximate surface area is 557 Å². The Bertz CT molecular complexity index is 2740. The molecular formula is C66H104Cl2F3N11O11. The van der Waals surface area contributed by atoms with Crippen LogP contribution in [0.1, 0.15) is 189 Å². The third-order valence-electron chi connectivity index (χ3n) is 22.3. The second-order valence-electron chi connectivity index (χ2n) is 28.4. The minimum Gasteiger partial charge on any atom is -0.351 e. The molecule has 0 aromatic carbocycles. The molecule has 7 aliphatic rings. The number of alkyl halides is 5. The molecule has 3 saturated heterocycles. The van der Waals surface area contributed by atoms with Crippen molar-refractivity contribution < 1.29 is 65.9 Å². The molecule has 16 atom stereocenters. The summed E-state index contributed by atoms with van der Waals surface area (Å²) < 4.78 is 42.0. The van der Waals surface area contributed by atoms with Crippen molar-refractivity contribution >= 4 is 88.2 Å². The molecule has 4 saturated carbocycles. The van der Waals surface area contributed by atoms with E-state index < -0.39 is 154 Å². The fraction of sp³-hybridized carbons (Fsp3) is 0.833. The predicted molar refractivity (Wildman–Crippen MR) is 343 cm³/mol. The zero-order valence-corrected chi connectivity index (χ0v) is 58.0. The van der Waals surface area contributed by atoms with Crippen LogP contribution in [0.3, 0.4) is 0 Å². The van der Waals surface area contributed by atoms with Gasteiger partial charge in [-0.1, -0.05) is 58.8 Å². The lowest BCUT2D eigenvalue weighted by molar-refractivity contribution is -0.182. The number of amides is 11. The highest BCUT2D eigenvalue weighted by molar-refractivity contribution is 6.21. The highest BCUT2D eigenvalue weighted by Crippen LogP contribution is 2.44. The molecule has 3 aliphatic heterocycles. The average molecular weight is 1360 g/mol. The van der Waals surface area contributed by atoms with Crippen molar-refractivity contribution in [1.82, 2.24) is 55.6 Å². The molecule has 7 rings (SSSR count). The van der Waals surface area contributed by atoms with Gasteiger partial charge < -0.3 is 55.6 Å². The van der Waals surface area contributed by atoms with Crippen LogP contribution in [-0.2, 0) is 52.7 Å². The third kappa shape index (κ3) is 17.2. The van der Waals surface area contributed by atoms with E-state index in [1.165, 1.54) is 83.3 Å². The monoisotopic (exact) mass is 1350 g/mol. The lowest BCUT2D eigenvalue weighted by Gasteiger charge is -2.45. The number of nitrogens with zero attached hydrogens (tertiary/aromatic N) is 7. The molecule has 524 valence electrons. The maximum absolute atomic E-state index is 15.2. The van der Waals surface area contributed by atoms with Crippen LogP contribution in [0.4, 0.5) is 13.2 Å². The first-order chi connectivity index (χ1) is 43.7.